The fraction of sp³-hybridized carbons (Fsp3) is 0.480. The molecule has 0 aliphatic heterocycles. The number of ether oxygens (including phenoxy) is 1. The Hall–Kier alpha value is -2.13. The summed E-state index contributed by atoms with van der Waals surface area (Å²) in [7, 11) is 0. The van der Waals surface area contributed by atoms with Crippen LogP contribution >= 0.6 is 0 Å². The quantitative estimate of drug-likeness (QED) is 0.690. The Kier molecular flexibility index (Phi) is 6.56. The first-order valence-electron chi connectivity index (χ1n) is 10.4. The third kappa shape index (κ3) is 4.64. The summed E-state index contributed by atoms with van der Waals surface area (Å²) >= 11 is 0. The molecule has 0 spiro atoms. The molecule has 0 aromatic heterocycles. The molecule has 3 nitrogen and oxygen atoms in total. The normalized spacial score (nSPS) is 23.8. The van der Waals surface area contributed by atoms with Crippen LogP contribution in [-0.4, -0.2) is 17.2 Å². The second-order valence-corrected chi connectivity index (χ2v) is 8.50. The van der Waals surface area contributed by atoms with Crippen molar-refractivity contribution in [1.29, 1.82) is 0 Å². The van der Waals surface area contributed by atoms with Gasteiger partial charge in [0.2, 0.25) is 0 Å². The average molecular weight is 381 g/mol. The van der Waals surface area contributed by atoms with E-state index in [1.807, 2.05) is 60.7 Å². The van der Waals surface area contributed by atoms with Crippen molar-refractivity contribution >= 4 is 5.97 Å². The van der Waals surface area contributed by atoms with E-state index in [0.717, 1.165) is 30.4 Å². The zero-order valence-corrected chi connectivity index (χ0v) is 17.2. The van der Waals surface area contributed by atoms with Gasteiger partial charge in [0.1, 0.15) is 11.7 Å². The van der Waals surface area contributed by atoms with Gasteiger partial charge in [-0.2, -0.15) is 0 Å². The van der Waals surface area contributed by atoms with E-state index in [-0.39, 0.29) is 23.9 Å². The third-order valence-corrected chi connectivity index (χ3v) is 6.27. The lowest BCUT2D eigenvalue weighted by Gasteiger charge is -2.41. The minimum Gasteiger partial charge on any atom is -0.462 e. The lowest BCUT2D eigenvalue weighted by molar-refractivity contribution is -0.153. The number of carbonyl (C=O) groups is 1. The van der Waals surface area contributed by atoms with Gasteiger partial charge in [0.05, 0.1) is 0 Å². The van der Waals surface area contributed by atoms with E-state index in [2.05, 4.69) is 13.8 Å². The summed E-state index contributed by atoms with van der Waals surface area (Å²) in [6.45, 7) is 5.90. The summed E-state index contributed by atoms with van der Waals surface area (Å²) < 4.78 is 5.70. The van der Waals surface area contributed by atoms with Crippen LogP contribution < -0.4 is 0 Å². The first-order valence-corrected chi connectivity index (χ1v) is 10.4. The van der Waals surface area contributed by atoms with Gasteiger partial charge in [0, 0.05) is 6.92 Å². The highest BCUT2D eigenvalue weighted by atomic mass is 16.5. The van der Waals surface area contributed by atoms with Gasteiger partial charge in [-0.25, -0.2) is 0 Å². The van der Waals surface area contributed by atoms with Crippen molar-refractivity contribution in [3.8, 4) is 0 Å². The van der Waals surface area contributed by atoms with Crippen LogP contribution in [0.2, 0.25) is 0 Å². The zero-order chi connectivity index (χ0) is 20.1. The first kappa shape index (κ1) is 20.6. The minimum absolute atomic E-state index is 0.0629. The summed E-state index contributed by atoms with van der Waals surface area (Å²) in [5, 5.41) is 11.9. The molecule has 150 valence electrons. The van der Waals surface area contributed by atoms with Crippen molar-refractivity contribution in [2.45, 2.75) is 58.2 Å². The van der Waals surface area contributed by atoms with Crippen molar-refractivity contribution in [3.63, 3.8) is 0 Å². The van der Waals surface area contributed by atoms with E-state index in [9.17, 15) is 9.90 Å². The molecule has 1 fully saturated rings. The lowest BCUT2D eigenvalue weighted by atomic mass is 9.69. The van der Waals surface area contributed by atoms with E-state index >= 15 is 0 Å². The Labute approximate surface area is 168 Å². The number of aliphatic hydroxyl groups is 1. The fourth-order valence-corrected chi connectivity index (χ4v) is 4.80. The summed E-state index contributed by atoms with van der Waals surface area (Å²) in [4.78, 5) is 11.6. The highest BCUT2D eigenvalue weighted by Crippen LogP contribution is 2.42. The largest absolute Gasteiger partial charge is 0.462 e. The van der Waals surface area contributed by atoms with Crippen LogP contribution in [0, 0.1) is 17.8 Å². The zero-order valence-electron chi connectivity index (χ0n) is 17.2. The smallest absolute Gasteiger partial charge is 0.302 e. The molecule has 0 radical (unpaired) electrons. The maximum absolute atomic E-state index is 11.9. The molecule has 2 aromatic rings. The molecule has 28 heavy (non-hydrogen) atoms. The van der Waals surface area contributed by atoms with Crippen LogP contribution in [-0.2, 0) is 15.1 Å². The van der Waals surface area contributed by atoms with Crippen LogP contribution in [0.5, 0.6) is 0 Å². The molecule has 0 saturated heterocycles. The fourth-order valence-electron chi connectivity index (χ4n) is 4.80. The third-order valence-electron chi connectivity index (χ3n) is 6.27. The molecule has 1 aliphatic rings. The van der Waals surface area contributed by atoms with Gasteiger partial charge < -0.3 is 9.84 Å². The molecule has 1 unspecified atom stereocenters. The standard InChI is InChI=1S/C25H32O3/c1-18-14-15-23(24(16-18)28-20(3)26)19(2)17-25(27,21-10-6-4-7-11-21)22-12-8-5-9-13-22/h4-13,18-19,23-24,27H,14-17H2,1-3H3/t18-,19?,23+,24-/m1/s1. The van der Waals surface area contributed by atoms with Gasteiger partial charge in [-0.05, 0) is 48.1 Å². The Morgan fingerprint density at radius 3 is 2.11 bits per heavy atom. The Bertz CT molecular complexity index is 716. The van der Waals surface area contributed by atoms with Crippen LogP contribution in [0.25, 0.3) is 0 Å². The summed E-state index contributed by atoms with van der Waals surface area (Å²) in [6.07, 6.45) is 3.61. The highest BCUT2D eigenvalue weighted by Gasteiger charge is 2.40. The van der Waals surface area contributed by atoms with E-state index < -0.39 is 5.60 Å². The predicted molar refractivity (Wildman–Crippen MR) is 112 cm³/mol. The van der Waals surface area contributed by atoms with E-state index in [0.29, 0.717) is 12.3 Å². The number of rotatable bonds is 6. The van der Waals surface area contributed by atoms with Gasteiger partial charge in [0.25, 0.3) is 0 Å². The van der Waals surface area contributed by atoms with Crippen LogP contribution in [0.4, 0.5) is 0 Å². The SMILES string of the molecule is CC(=O)O[C@@H]1C[C@H](C)CC[C@H]1C(C)CC(O)(c1ccccc1)c1ccccc1. The van der Waals surface area contributed by atoms with Gasteiger partial charge in [0.15, 0.2) is 0 Å². The number of hydrogen-bond acceptors (Lipinski definition) is 3. The van der Waals surface area contributed by atoms with Gasteiger partial charge in [-0.1, -0.05) is 80.9 Å². The molecule has 2 aromatic carbocycles. The molecule has 0 amide bonds. The number of hydrogen-bond donors (Lipinski definition) is 1. The molecular formula is C25H32O3. The van der Waals surface area contributed by atoms with Crippen LogP contribution in [0.3, 0.4) is 0 Å². The Balaban J connectivity index is 1.89. The van der Waals surface area contributed by atoms with Gasteiger partial charge in [-0.15, -0.1) is 0 Å². The average Bonchev–Trinajstić information content (AvgIpc) is 2.69. The lowest BCUT2D eigenvalue weighted by Crippen LogP contribution is -2.39. The van der Waals surface area contributed by atoms with Crippen LogP contribution in [0.15, 0.2) is 60.7 Å². The number of benzene rings is 2. The number of carbonyl (C=O) groups excluding carboxylic acids is 1. The highest BCUT2D eigenvalue weighted by molar-refractivity contribution is 5.66. The van der Waals surface area contributed by atoms with Crippen LogP contribution in [0.1, 0.15) is 57.6 Å². The second kappa shape index (κ2) is 8.91. The van der Waals surface area contributed by atoms with Gasteiger partial charge >= 0.3 is 5.97 Å². The first-order chi connectivity index (χ1) is 13.4. The molecule has 1 aliphatic carbocycles. The topological polar surface area (TPSA) is 46.5 Å². The number of esters is 1. The molecule has 3 heteroatoms. The molecule has 1 saturated carbocycles. The summed E-state index contributed by atoms with van der Waals surface area (Å²) in [5.41, 5.74) is 0.744. The second-order valence-electron chi connectivity index (χ2n) is 8.50. The molecular weight excluding hydrogens is 348 g/mol. The van der Waals surface area contributed by atoms with E-state index in [4.69, 9.17) is 4.74 Å². The maximum atomic E-state index is 11.9. The van der Waals surface area contributed by atoms with Gasteiger partial charge in [-0.3, -0.25) is 4.79 Å². The van der Waals surface area contributed by atoms with E-state index in [1.165, 1.54) is 6.92 Å². The van der Waals surface area contributed by atoms with Crippen molar-refractivity contribution < 1.29 is 14.6 Å². The van der Waals surface area contributed by atoms with E-state index in [1.54, 1.807) is 0 Å². The minimum atomic E-state index is -1.06. The Morgan fingerprint density at radius 2 is 1.61 bits per heavy atom. The molecule has 1 N–H and O–H groups in total. The predicted octanol–water partition coefficient (Wildman–Crippen LogP) is 5.32. The molecule has 3 rings (SSSR count). The monoisotopic (exact) mass is 380 g/mol. The van der Waals surface area contributed by atoms with Crippen molar-refractivity contribution in [2.75, 3.05) is 0 Å². The summed E-state index contributed by atoms with van der Waals surface area (Å²) in [6, 6.07) is 19.8. The molecule has 0 heterocycles. The summed E-state index contributed by atoms with van der Waals surface area (Å²) in [5.74, 6) is 0.828. The molecule has 0 bridgehead atoms. The molecule has 4 atom stereocenters. The van der Waals surface area contributed by atoms with Crippen molar-refractivity contribution in [1.82, 2.24) is 0 Å². The maximum Gasteiger partial charge on any atom is 0.302 e. The van der Waals surface area contributed by atoms with Crippen molar-refractivity contribution in [2.24, 2.45) is 17.8 Å². The van der Waals surface area contributed by atoms with Crippen molar-refractivity contribution in [3.05, 3.63) is 71.8 Å². The Morgan fingerprint density at radius 1 is 1.07 bits per heavy atom.